The number of aromatic nitrogens is 2. The molecule has 0 unspecified atom stereocenters. The molecule has 0 saturated carbocycles. The third-order valence-corrected chi connectivity index (χ3v) is 4.91. The smallest absolute Gasteiger partial charge is 0.263 e. The Hall–Kier alpha value is -1.27. The van der Waals surface area contributed by atoms with E-state index in [1.165, 1.54) is 11.3 Å². The van der Waals surface area contributed by atoms with Crippen molar-refractivity contribution >= 4 is 28.6 Å². The normalized spacial score (nSPS) is 13.2. The van der Waals surface area contributed by atoms with Crippen molar-refractivity contribution in [3.8, 4) is 0 Å². The van der Waals surface area contributed by atoms with E-state index in [-0.39, 0.29) is 17.4 Å². The molecule has 108 valence electrons. The molecule has 6 heteroatoms. The molecule has 4 nitrogen and oxygen atoms in total. The molecular formula is C14H19N3OS2. The summed E-state index contributed by atoms with van der Waals surface area (Å²) in [6.45, 7) is 10.2. The van der Waals surface area contributed by atoms with E-state index in [1.807, 2.05) is 13.8 Å². The molecule has 2 aromatic rings. The van der Waals surface area contributed by atoms with Gasteiger partial charge in [0.15, 0.2) is 0 Å². The first-order valence-corrected chi connectivity index (χ1v) is 8.22. The molecule has 2 rings (SSSR count). The predicted octanol–water partition coefficient (Wildman–Crippen LogP) is 3.70. The number of rotatable bonds is 3. The summed E-state index contributed by atoms with van der Waals surface area (Å²) in [5.41, 5.74) is 3.56. The summed E-state index contributed by atoms with van der Waals surface area (Å²) in [5.74, 6) is -0.0787. The van der Waals surface area contributed by atoms with Crippen LogP contribution in [0.1, 0.15) is 59.8 Å². The van der Waals surface area contributed by atoms with Gasteiger partial charge in [-0.25, -0.2) is 9.97 Å². The molecule has 0 bridgehead atoms. The van der Waals surface area contributed by atoms with Crippen molar-refractivity contribution in [1.29, 1.82) is 0 Å². The molecule has 0 aliphatic rings. The van der Waals surface area contributed by atoms with Gasteiger partial charge in [-0.1, -0.05) is 20.8 Å². The number of amides is 1. The first-order chi connectivity index (χ1) is 9.29. The Kier molecular flexibility index (Phi) is 4.25. The maximum absolute atomic E-state index is 12.2. The van der Waals surface area contributed by atoms with Crippen LogP contribution in [0, 0.1) is 6.92 Å². The van der Waals surface area contributed by atoms with Crippen molar-refractivity contribution in [1.82, 2.24) is 15.3 Å². The third kappa shape index (κ3) is 3.24. The fourth-order valence-corrected chi connectivity index (χ4v) is 3.43. The summed E-state index contributed by atoms with van der Waals surface area (Å²) in [6.07, 6.45) is 0. The molecule has 0 saturated heterocycles. The van der Waals surface area contributed by atoms with Gasteiger partial charge in [0.2, 0.25) is 0 Å². The van der Waals surface area contributed by atoms with Gasteiger partial charge >= 0.3 is 0 Å². The van der Waals surface area contributed by atoms with Gasteiger partial charge in [0, 0.05) is 10.8 Å². The zero-order chi connectivity index (χ0) is 14.9. The molecule has 0 aliphatic carbocycles. The molecule has 2 heterocycles. The Labute approximate surface area is 127 Å². The number of aryl methyl sites for hydroxylation is 1. The van der Waals surface area contributed by atoms with E-state index in [1.54, 1.807) is 16.8 Å². The zero-order valence-electron chi connectivity index (χ0n) is 12.4. The summed E-state index contributed by atoms with van der Waals surface area (Å²) in [6, 6.07) is -0.0925. The molecule has 0 spiro atoms. The summed E-state index contributed by atoms with van der Waals surface area (Å²) in [7, 11) is 0. The van der Waals surface area contributed by atoms with Gasteiger partial charge in [-0.3, -0.25) is 4.79 Å². The average molecular weight is 309 g/mol. The highest BCUT2D eigenvalue weighted by Gasteiger charge is 2.21. The Bertz CT molecular complexity index is 610. The van der Waals surface area contributed by atoms with Gasteiger partial charge in [0.1, 0.15) is 9.88 Å². The molecular weight excluding hydrogens is 290 g/mol. The quantitative estimate of drug-likeness (QED) is 0.940. The van der Waals surface area contributed by atoms with Crippen molar-refractivity contribution in [2.45, 2.75) is 46.1 Å². The Morgan fingerprint density at radius 1 is 1.35 bits per heavy atom. The lowest BCUT2D eigenvalue weighted by atomic mass is 9.93. The number of carbonyl (C=O) groups is 1. The molecule has 1 amide bonds. The molecule has 0 aromatic carbocycles. The van der Waals surface area contributed by atoms with Crippen LogP contribution in [-0.4, -0.2) is 15.9 Å². The van der Waals surface area contributed by atoms with E-state index in [4.69, 9.17) is 0 Å². The number of hydrogen-bond acceptors (Lipinski definition) is 5. The number of nitrogens with one attached hydrogen (secondary N) is 1. The minimum atomic E-state index is -0.0925. The van der Waals surface area contributed by atoms with Crippen molar-refractivity contribution < 1.29 is 4.79 Å². The number of nitrogens with zero attached hydrogens (tertiary/aromatic N) is 2. The second-order valence-electron chi connectivity index (χ2n) is 5.78. The fraction of sp³-hybridized carbons (Fsp3) is 0.500. The van der Waals surface area contributed by atoms with E-state index in [9.17, 15) is 4.79 Å². The lowest BCUT2D eigenvalue weighted by Crippen LogP contribution is -2.26. The zero-order valence-corrected chi connectivity index (χ0v) is 14.0. The minimum absolute atomic E-state index is 0.0345. The van der Waals surface area contributed by atoms with Gasteiger partial charge in [-0.2, -0.15) is 0 Å². The number of hydrogen-bond donors (Lipinski definition) is 1. The lowest BCUT2D eigenvalue weighted by Gasteiger charge is -2.15. The largest absolute Gasteiger partial charge is 0.342 e. The van der Waals surface area contributed by atoms with Crippen LogP contribution in [0.25, 0.3) is 0 Å². The second-order valence-corrected chi connectivity index (χ2v) is 7.53. The molecule has 0 radical (unpaired) electrons. The van der Waals surface area contributed by atoms with E-state index in [0.29, 0.717) is 4.88 Å². The van der Waals surface area contributed by atoms with Gasteiger partial charge in [0.05, 0.1) is 22.9 Å². The Morgan fingerprint density at radius 3 is 2.55 bits per heavy atom. The van der Waals surface area contributed by atoms with Crippen LogP contribution in [-0.2, 0) is 5.41 Å². The van der Waals surface area contributed by atoms with Crippen molar-refractivity contribution in [2.75, 3.05) is 0 Å². The Balaban J connectivity index is 2.09. The van der Waals surface area contributed by atoms with Crippen LogP contribution in [0.2, 0.25) is 0 Å². The fourth-order valence-electron chi connectivity index (χ4n) is 1.67. The van der Waals surface area contributed by atoms with Crippen LogP contribution < -0.4 is 5.32 Å². The molecule has 20 heavy (non-hydrogen) atoms. The molecule has 2 aromatic heterocycles. The van der Waals surface area contributed by atoms with E-state index in [2.05, 4.69) is 41.4 Å². The number of carbonyl (C=O) groups excluding carboxylic acids is 1. The highest BCUT2D eigenvalue weighted by atomic mass is 32.1. The predicted molar refractivity (Wildman–Crippen MR) is 83.5 cm³/mol. The first-order valence-electron chi connectivity index (χ1n) is 6.46. The summed E-state index contributed by atoms with van der Waals surface area (Å²) >= 11 is 2.95. The van der Waals surface area contributed by atoms with E-state index >= 15 is 0 Å². The van der Waals surface area contributed by atoms with Crippen LogP contribution in [0.3, 0.4) is 0 Å². The molecule has 1 atom stereocenters. The van der Waals surface area contributed by atoms with Crippen LogP contribution in [0.15, 0.2) is 10.9 Å². The summed E-state index contributed by atoms with van der Waals surface area (Å²) in [4.78, 5) is 21.5. The molecule has 0 aliphatic heterocycles. The number of thiazole rings is 2. The highest BCUT2D eigenvalue weighted by Crippen LogP contribution is 2.27. The van der Waals surface area contributed by atoms with E-state index in [0.717, 1.165) is 16.4 Å². The van der Waals surface area contributed by atoms with Crippen molar-refractivity contribution in [3.63, 3.8) is 0 Å². The minimum Gasteiger partial charge on any atom is -0.342 e. The first kappa shape index (κ1) is 15.1. The lowest BCUT2D eigenvalue weighted by molar-refractivity contribution is 0.0943. The van der Waals surface area contributed by atoms with E-state index < -0.39 is 0 Å². The monoisotopic (exact) mass is 309 g/mol. The average Bonchev–Trinajstić information content (AvgIpc) is 2.95. The SMILES string of the molecule is Cc1ncsc1C(=O)N[C@H](C)c1nc(C(C)(C)C)cs1. The highest BCUT2D eigenvalue weighted by molar-refractivity contribution is 7.12. The third-order valence-electron chi connectivity index (χ3n) is 2.96. The van der Waals surface area contributed by atoms with Crippen molar-refractivity contribution in [3.05, 3.63) is 32.2 Å². The van der Waals surface area contributed by atoms with Crippen LogP contribution in [0.4, 0.5) is 0 Å². The van der Waals surface area contributed by atoms with Gasteiger partial charge in [-0.15, -0.1) is 22.7 Å². The molecule has 0 fully saturated rings. The van der Waals surface area contributed by atoms with Gasteiger partial charge in [0.25, 0.3) is 5.91 Å². The summed E-state index contributed by atoms with van der Waals surface area (Å²) < 4.78 is 0. The maximum atomic E-state index is 12.2. The van der Waals surface area contributed by atoms with Gasteiger partial charge < -0.3 is 5.32 Å². The maximum Gasteiger partial charge on any atom is 0.263 e. The Morgan fingerprint density at radius 2 is 2.05 bits per heavy atom. The molecule has 1 N–H and O–H groups in total. The van der Waals surface area contributed by atoms with Crippen molar-refractivity contribution in [2.24, 2.45) is 0 Å². The topological polar surface area (TPSA) is 54.9 Å². The standard InChI is InChI=1S/C14H19N3OS2/c1-8-11(20-7-15-8)12(18)16-9(2)13-17-10(6-19-13)14(3,4)5/h6-7,9H,1-5H3,(H,16,18)/t9-/m1/s1. The van der Waals surface area contributed by atoms with Crippen LogP contribution >= 0.6 is 22.7 Å². The van der Waals surface area contributed by atoms with Crippen LogP contribution in [0.5, 0.6) is 0 Å². The van der Waals surface area contributed by atoms with Gasteiger partial charge in [-0.05, 0) is 13.8 Å². The summed E-state index contributed by atoms with van der Waals surface area (Å²) in [5, 5.41) is 5.98. The second kappa shape index (κ2) is 5.61.